The van der Waals surface area contributed by atoms with E-state index in [1.54, 1.807) is 11.3 Å². The van der Waals surface area contributed by atoms with Gasteiger partial charge in [-0.05, 0) is 31.2 Å². The summed E-state index contributed by atoms with van der Waals surface area (Å²) in [5, 5.41) is 2.07. The van der Waals surface area contributed by atoms with E-state index in [1.165, 1.54) is 4.88 Å². The molecule has 2 heterocycles. The summed E-state index contributed by atoms with van der Waals surface area (Å²) < 4.78 is 11.4. The normalized spacial score (nSPS) is 21.9. The summed E-state index contributed by atoms with van der Waals surface area (Å²) in [6.07, 6.45) is 2.29. The first kappa shape index (κ1) is 12.0. The van der Waals surface area contributed by atoms with Crippen molar-refractivity contribution in [2.75, 3.05) is 13.2 Å². The molecule has 2 rings (SSSR count). The lowest BCUT2D eigenvalue weighted by atomic mass is 10.1. The number of ether oxygens (including phenoxy) is 2. The topological polar surface area (TPSA) is 44.5 Å². The molecule has 90 valence electrons. The maximum atomic E-state index is 6.10. The summed E-state index contributed by atoms with van der Waals surface area (Å²) in [6, 6.07) is 4.17. The van der Waals surface area contributed by atoms with Gasteiger partial charge in [0.2, 0.25) is 0 Å². The van der Waals surface area contributed by atoms with E-state index in [1.807, 2.05) is 13.0 Å². The molecule has 0 aromatic carbocycles. The Morgan fingerprint density at radius 3 is 2.81 bits per heavy atom. The SMILES string of the molecule is CC(N)C(OC1CCOCC1)c1cccs1. The highest BCUT2D eigenvalue weighted by Crippen LogP contribution is 2.28. The Morgan fingerprint density at radius 2 is 2.25 bits per heavy atom. The Morgan fingerprint density at radius 1 is 1.50 bits per heavy atom. The lowest BCUT2D eigenvalue weighted by Crippen LogP contribution is -2.32. The van der Waals surface area contributed by atoms with Crippen LogP contribution < -0.4 is 5.73 Å². The minimum absolute atomic E-state index is 0.0292. The first-order valence-corrected chi connectivity index (χ1v) is 6.67. The van der Waals surface area contributed by atoms with E-state index < -0.39 is 0 Å². The summed E-state index contributed by atoms with van der Waals surface area (Å²) in [5.74, 6) is 0. The summed E-state index contributed by atoms with van der Waals surface area (Å²) in [4.78, 5) is 1.22. The van der Waals surface area contributed by atoms with E-state index in [2.05, 4.69) is 11.4 Å². The van der Waals surface area contributed by atoms with Crippen LogP contribution in [0.3, 0.4) is 0 Å². The number of rotatable bonds is 4. The van der Waals surface area contributed by atoms with Gasteiger partial charge < -0.3 is 15.2 Å². The van der Waals surface area contributed by atoms with Crippen LogP contribution in [-0.4, -0.2) is 25.4 Å². The Kier molecular flexibility index (Phi) is 4.35. The molecule has 1 aromatic heterocycles. The number of nitrogens with two attached hydrogens (primary N) is 1. The molecule has 0 aliphatic carbocycles. The molecule has 1 saturated heterocycles. The third-order valence-corrected chi connectivity index (χ3v) is 3.74. The van der Waals surface area contributed by atoms with E-state index in [-0.39, 0.29) is 12.1 Å². The van der Waals surface area contributed by atoms with E-state index in [0.29, 0.717) is 6.10 Å². The predicted octanol–water partition coefficient (Wildman–Crippen LogP) is 2.33. The average molecular weight is 241 g/mol. The first-order chi connectivity index (χ1) is 7.77. The smallest absolute Gasteiger partial charge is 0.107 e. The van der Waals surface area contributed by atoms with Gasteiger partial charge in [0.05, 0.1) is 6.10 Å². The number of hydrogen-bond acceptors (Lipinski definition) is 4. The van der Waals surface area contributed by atoms with Crippen molar-refractivity contribution in [3.05, 3.63) is 22.4 Å². The van der Waals surface area contributed by atoms with Crippen LogP contribution in [0.1, 0.15) is 30.7 Å². The highest BCUT2D eigenvalue weighted by molar-refractivity contribution is 7.10. The molecular formula is C12H19NO2S. The van der Waals surface area contributed by atoms with Gasteiger partial charge in [0.1, 0.15) is 6.10 Å². The monoisotopic (exact) mass is 241 g/mol. The van der Waals surface area contributed by atoms with Crippen molar-refractivity contribution in [3.63, 3.8) is 0 Å². The molecule has 1 aliphatic heterocycles. The molecule has 0 spiro atoms. The Bertz CT molecular complexity index is 294. The molecule has 16 heavy (non-hydrogen) atoms. The highest BCUT2D eigenvalue weighted by Gasteiger charge is 2.24. The summed E-state index contributed by atoms with van der Waals surface area (Å²) in [7, 11) is 0. The zero-order valence-corrected chi connectivity index (χ0v) is 10.4. The van der Waals surface area contributed by atoms with Crippen molar-refractivity contribution < 1.29 is 9.47 Å². The largest absolute Gasteiger partial charge is 0.381 e. The molecule has 4 heteroatoms. The lowest BCUT2D eigenvalue weighted by molar-refractivity contribution is -0.0746. The first-order valence-electron chi connectivity index (χ1n) is 5.79. The zero-order chi connectivity index (χ0) is 11.4. The molecule has 3 nitrogen and oxygen atoms in total. The Hall–Kier alpha value is -0.420. The average Bonchev–Trinajstić information content (AvgIpc) is 2.80. The summed E-state index contributed by atoms with van der Waals surface area (Å²) >= 11 is 1.71. The van der Waals surface area contributed by atoms with Gasteiger partial charge in [0.15, 0.2) is 0 Å². The van der Waals surface area contributed by atoms with Crippen molar-refractivity contribution >= 4 is 11.3 Å². The van der Waals surface area contributed by atoms with Crippen LogP contribution in [0.25, 0.3) is 0 Å². The maximum absolute atomic E-state index is 6.10. The second kappa shape index (κ2) is 5.77. The van der Waals surface area contributed by atoms with Crippen molar-refractivity contribution in [1.82, 2.24) is 0 Å². The molecule has 2 N–H and O–H groups in total. The molecule has 1 aromatic rings. The number of hydrogen-bond donors (Lipinski definition) is 1. The van der Waals surface area contributed by atoms with Gasteiger partial charge >= 0.3 is 0 Å². The molecule has 2 unspecified atom stereocenters. The van der Waals surface area contributed by atoms with Gasteiger partial charge in [-0.1, -0.05) is 6.07 Å². The number of thiophene rings is 1. The third-order valence-electron chi connectivity index (χ3n) is 2.81. The quantitative estimate of drug-likeness (QED) is 0.880. The van der Waals surface area contributed by atoms with Crippen LogP contribution in [-0.2, 0) is 9.47 Å². The fourth-order valence-corrected chi connectivity index (χ4v) is 2.80. The minimum atomic E-state index is 0.0292. The molecule has 0 radical (unpaired) electrons. The van der Waals surface area contributed by atoms with Crippen molar-refractivity contribution in [2.45, 2.75) is 38.0 Å². The molecule has 1 fully saturated rings. The van der Waals surface area contributed by atoms with Gasteiger partial charge in [-0.25, -0.2) is 0 Å². The fourth-order valence-electron chi connectivity index (χ4n) is 1.92. The second-order valence-corrected chi connectivity index (χ2v) is 5.22. The molecule has 0 amide bonds. The predicted molar refractivity (Wildman–Crippen MR) is 65.6 cm³/mol. The standard InChI is InChI=1S/C12H19NO2S/c1-9(13)12(11-3-2-8-16-11)15-10-4-6-14-7-5-10/h2-3,8-10,12H,4-7,13H2,1H3. The van der Waals surface area contributed by atoms with Gasteiger partial charge in [-0.15, -0.1) is 11.3 Å². The van der Waals surface area contributed by atoms with Gasteiger partial charge in [0.25, 0.3) is 0 Å². The van der Waals surface area contributed by atoms with E-state index >= 15 is 0 Å². The van der Waals surface area contributed by atoms with Crippen LogP contribution in [0, 0.1) is 0 Å². The third kappa shape index (κ3) is 3.04. The van der Waals surface area contributed by atoms with Gasteiger partial charge in [-0.2, -0.15) is 0 Å². The lowest BCUT2D eigenvalue weighted by Gasteiger charge is -2.29. The Labute approximate surface area is 101 Å². The maximum Gasteiger partial charge on any atom is 0.107 e. The van der Waals surface area contributed by atoms with Crippen LogP contribution in [0.4, 0.5) is 0 Å². The zero-order valence-electron chi connectivity index (χ0n) is 9.59. The molecular weight excluding hydrogens is 222 g/mol. The van der Waals surface area contributed by atoms with Crippen LogP contribution >= 0.6 is 11.3 Å². The van der Waals surface area contributed by atoms with Crippen molar-refractivity contribution in [1.29, 1.82) is 0 Å². The second-order valence-electron chi connectivity index (χ2n) is 4.24. The van der Waals surface area contributed by atoms with Crippen molar-refractivity contribution in [2.24, 2.45) is 5.73 Å². The van der Waals surface area contributed by atoms with Gasteiger partial charge in [0, 0.05) is 24.1 Å². The van der Waals surface area contributed by atoms with Crippen LogP contribution in [0.15, 0.2) is 17.5 Å². The van der Waals surface area contributed by atoms with E-state index in [4.69, 9.17) is 15.2 Å². The van der Waals surface area contributed by atoms with Crippen molar-refractivity contribution in [3.8, 4) is 0 Å². The van der Waals surface area contributed by atoms with Gasteiger partial charge in [-0.3, -0.25) is 0 Å². The molecule has 0 bridgehead atoms. The Balaban J connectivity index is 1.97. The van der Waals surface area contributed by atoms with E-state index in [0.717, 1.165) is 26.1 Å². The molecule has 0 saturated carbocycles. The van der Waals surface area contributed by atoms with Crippen LogP contribution in [0.5, 0.6) is 0 Å². The summed E-state index contributed by atoms with van der Waals surface area (Å²) in [5.41, 5.74) is 6.00. The molecule has 1 aliphatic rings. The van der Waals surface area contributed by atoms with Crippen LogP contribution in [0.2, 0.25) is 0 Å². The fraction of sp³-hybridized carbons (Fsp3) is 0.667. The minimum Gasteiger partial charge on any atom is -0.381 e. The highest BCUT2D eigenvalue weighted by atomic mass is 32.1. The molecule has 2 atom stereocenters. The summed E-state index contributed by atoms with van der Waals surface area (Å²) in [6.45, 7) is 3.62. The van der Waals surface area contributed by atoms with E-state index in [9.17, 15) is 0 Å².